The van der Waals surface area contributed by atoms with E-state index in [4.69, 9.17) is 25.6 Å². The monoisotopic (exact) mass is 268 g/mol. The summed E-state index contributed by atoms with van der Waals surface area (Å²) in [6.45, 7) is 6.21. The van der Waals surface area contributed by atoms with Gasteiger partial charge in [-0.15, -0.1) is 0 Å². The highest BCUT2D eigenvalue weighted by molar-refractivity contribution is 6.62. The highest BCUT2D eigenvalue weighted by Gasteiger charge is 2.38. The molecule has 18 heavy (non-hydrogen) atoms. The Morgan fingerprint density at radius 1 is 1.44 bits per heavy atom. The molecule has 1 aliphatic rings. The van der Waals surface area contributed by atoms with Crippen LogP contribution in [0.1, 0.15) is 27.2 Å². The third-order valence-corrected chi connectivity index (χ3v) is 3.30. The van der Waals surface area contributed by atoms with E-state index in [-0.39, 0.29) is 18.8 Å². The van der Waals surface area contributed by atoms with E-state index in [9.17, 15) is 0 Å². The Morgan fingerprint density at radius 3 is 2.72 bits per heavy atom. The molecule has 2 rings (SSSR count). The van der Waals surface area contributed by atoms with E-state index in [0.29, 0.717) is 10.8 Å². The number of halogens is 1. The molecule has 1 fully saturated rings. The van der Waals surface area contributed by atoms with E-state index in [2.05, 4.69) is 20.8 Å². The van der Waals surface area contributed by atoms with Gasteiger partial charge in [-0.05, 0) is 44.8 Å². The van der Waals surface area contributed by atoms with Gasteiger partial charge in [0, 0.05) is 6.10 Å². The van der Waals surface area contributed by atoms with Crippen LogP contribution in [0.5, 0.6) is 5.75 Å². The maximum Gasteiger partial charge on any atom is 0.494 e. The Hall–Kier alpha value is -0.705. The van der Waals surface area contributed by atoms with Gasteiger partial charge in [0.1, 0.15) is 5.75 Å². The smallest absolute Gasteiger partial charge is 0.494 e. The van der Waals surface area contributed by atoms with Gasteiger partial charge in [0.05, 0.1) is 17.7 Å². The van der Waals surface area contributed by atoms with Crippen molar-refractivity contribution in [1.82, 2.24) is 0 Å². The summed E-state index contributed by atoms with van der Waals surface area (Å²) in [6.07, 6.45) is 1.05. The summed E-state index contributed by atoms with van der Waals surface area (Å²) >= 11 is 6.12. The second-order valence-electron chi connectivity index (χ2n) is 5.25. The Bertz CT molecular complexity index is 436. The molecule has 1 heterocycles. The van der Waals surface area contributed by atoms with Crippen molar-refractivity contribution in [3.8, 4) is 5.75 Å². The van der Waals surface area contributed by atoms with Gasteiger partial charge in [0.15, 0.2) is 0 Å². The van der Waals surface area contributed by atoms with Crippen LogP contribution >= 0.6 is 11.6 Å². The molecule has 1 unspecified atom stereocenters. The van der Waals surface area contributed by atoms with Crippen LogP contribution in [0, 0.1) is 0 Å². The van der Waals surface area contributed by atoms with Gasteiger partial charge in [-0.3, -0.25) is 0 Å². The molecule has 1 atom stereocenters. The molecule has 0 spiro atoms. The summed E-state index contributed by atoms with van der Waals surface area (Å²) in [5.41, 5.74) is 0.731. The molecule has 1 aliphatic heterocycles. The summed E-state index contributed by atoms with van der Waals surface area (Å²) in [4.78, 5) is 0. The van der Waals surface area contributed by atoms with Crippen molar-refractivity contribution in [2.45, 2.75) is 38.9 Å². The first-order valence-corrected chi connectivity index (χ1v) is 6.46. The van der Waals surface area contributed by atoms with E-state index in [1.807, 2.05) is 18.2 Å². The van der Waals surface area contributed by atoms with Gasteiger partial charge < -0.3 is 14.0 Å². The van der Waals surface area contributed by atoms with Gasteiger partial charge in [-0.2, -0.15) is 0 Å². The standard InChI is InChI=1S/C13H18BClO3/c1-9-8-13(2,3)18-14(17-9)10-5-6-12(16-4)11(15)7-10/h5-7,9H,8H2,1-4H3. The minimum absolute atomic E-state index is 0.166. The quantitative estimate of drug-likeness (QED) is 0.772. The molecule has 0 radical (unpaired) electrons. The number of ether oxygens (including phenoxy) is 1. The van der Waals surface area contributed by atoms with Crippen LogP contribution in [0.2, 0.25) is 5.02 Å². The predicted octanol–water partition coefficient (Wildman–Crippen LogP) is 2.65. The summed E-state index contributed by atoms with van der Waals surface area (Å²) in [7, 11) is 1.23. The molecule has 0 bridgehead atoms. The fraction of sp³-hybridized carbons (Fsp3) is 0.538. The maximum absolute atomic E-state index is 6.12. The lowest BCUT2D eigenvalue weighted by molar-refractivity contribution is -0.0229. The van der Waals surface area contributed by atoms with Crippen LogP contribution in [-0.4, -0.2) is 25.9 Å². The number of hydrogen-bond acceptors (Lipinski definition) is 3. The molecule has 3 nitrogen and oxygen atoms in total. The summed E-state index contributed by atoms with van der Waals surface area (Å²) in [5.74, 6) is 0.656. The zero-order chi connectivity index (χ0) is 13.3. The first-order valence-electron chi connectivity index (χ1n) is 6.08. The van der Waals surface area contributed by atoms with Crippen LogP contribution < -0.4 is 10.2 Å². The zero-order valence-electron chi connectivity index (χ0n) is 11.2. The molecular formula is C13H18BClO3. The normalized spacial score (nSPS) is 22.9. The number of benzene rings is 1. The van der Waals surface area contributed by atoms with E-state index in [1.165, 1.54) is 0 Å². The van der Waals surface area contributed by atoms with Gasteiger partial charge in [-0.1, -0.05) is 17.7 Å². The Morgan fingerprint density at radius 2 is 2.17 bits per heavy atom. The third-order valence-electron chi connectivity index (χ3n) is 3.01. The molecule has 1 aromatic rings. The third kappa shape index (κ3) is 3.00. The number of hydrogen-bond donors (Lipinski definition) is 0. The van der Waals surface area contributed by atoms with Crippen molar-refractivity contribution in [2.24, 2.45) is 0 Å². The topological polar surface area (TPSA) is 27.7 Å². The average molecular weight is 269 g/mol. The molecule has 0 saturated carbocycles. The first-order chi connectivity index (χ1) is 8.41. The first kappa shape index (κ1) is 13.7. The lowest BCUT2D eigenvalue weighted by atomic mass is 9.75. The molecule has 0 aliphatic carbocycles. The van der Waals surface area contributed by atoms with Crippen LogP contribution in [-0.2, 0) is 9.31 Å². The second kappa shape index (κ2) is 5.12. The lowest BCUT2D eigenvalue weighted by Crippen LogP contribution is -2.51. The van der Waals surface area contributed by atoms with Gasteiger partial charge >= 0.3 is 7.12 Å². The molecule has 5 heteroatoms. The molecule has 0 amide bonds. The lowest BCUT2D eigenvalue weighted by Gasteiger charge is -2.38. The Kier molecular flexibility index (Phi) is 3.90. The molecule has 98 valence electrons. The van der Waals surface area contributed by atoms with E-state index >= 15 is 0 Å². The SMILES string of the molecule is COc1ccc(B2OC(C)CC(C)(C)O2)cc1Cl. The highest BCUT2D eigenvalue weighted by atomic mass is 35.5. The zero-order valence-corrected chi connectivity index (χ0v) is 12.0. The highest BCUT2D eigenvalue weighted by Crippen LogP contribution is 2.27. The minimum atomic E-state index is -0.368. The summed E-state index contributed by atoms with van der Waals surface area (Å²) < 4.78 is 16.9. The largest absolute Gasteiger partial charge is 0.495 e. The Labute approximate surface area is 114 Å². The van der Waals surface area contributed by atoms with Crippen molar-refractivity contribution in [2.75, 3.05) is 7.11 Å². The van der Waals surface area contributed by atoms with Gasteiger partial charge in [0.25, 0.3) is 0 Å². The van der Waals surface area contributed by atoms with Crippen molar-refractivity contribution < 1.29 is 14.0 Å². The summed E-state index contributed by atoms with van der Waals surface area (Å²) in [6, 6.07) is 5.58. The van der Waals surface area contributed by atoms with E-state index in [1.54, 1.807) is 7.11 Å². The number of rotatable bonds is 2. The van der Waals surface area contributed by atoms with Crippen molar-refractivity contribution in [3.05, 3.63) is 23.2 Å². The second-order valence-corrected chi connectivity index (χ2v) is 5.66. The molecular weight excluding hydrogens is 250 g/mol. The van der Waals surface area contributed by atoms with Gasteiger partial charge in [0.2, 0.25) is 0 Å². The van der Waals surface area contributed by atoms with Crippen molar-refractivity contribution >= 4 is 24.2 Å². The van der Waals surface area contributed by atoms with Crippen molar-refractivity contribution in [1.29, 1.82) is 0 Å². The van der Waals surface area contributed by atoms with Gasteiger partial charge in [-0.25, -0.2) is 0 Å². The number of methoxy groups -OCH3 is 1. The molecule has 0 N–H and O–H groups in total. The van der Waals surface area contributed by atoms with Crippen molar-refractivity contribution in [3.63, 3.8) is 0 Å². The van der Waals surface area contributed by atoms with Crippen LogP contribution in [0.15, 0.2) is 18.2 Å². The predicted molar refractivity (Wildman–Crippen MR) is 73.7 cm³/mol. The average Bonchev–Trinajstić information content (AvgIpc) is 2.26. The Balaban J connectivity index is 2.23. The molecule has 1 aromatic carbocycles. The minimum Gasteiger partial charge on any atom is -0.495 e. The van der Waals surface area contributed by atoms with Crippen LogP contribution in [0.3, 0.4) is 0 Å². The maximum atomic E-state index is 6.12. The van der Waals surface area contributed by atoms with Crippen LogP contribution in [0.4, 0.5) is 0 Å². The fourth-order valence-corrected chi connectivity index (χ4v) is 2.56. The fourth-order valence-electron chi connectivity index (χ4n) is 2.29. The van der Waals surface area contributed by atoms with E-state index in [0.717, 1.165) is 11.9 Å². The molecule has 0 aromatic heterocycles. The summed E-state index contributed by atoms with van der Waals surface area (Å²) in [5, 5.41) is 0.568. The van der Waals surface area contributed by atoms with E-state index < -0.39 is 0 Å². The van der Waals surface area contributed by atoms with Crippen LogP contribution in [0.25, 0.3) is 0 Å². The molecule has 1 saturated heterocycles.